The highest BCUT2D eigenvalue weighted by molar-refractivity contribution is 9.10. The summed E-state index contributed by atoms with van der Waals surface area (Å²) in [6.07, 6.45) is 3.28. The molecule has 0 aliphatic heterocycles. The summed E-state index contributed by atoms with van der Waals surface area (Å²) in [5.74, 6) is 0.349. The zero-order valence-electron chi connectivity index (χ0n) is 11.2. The van der Waals surface area contributed by atoms with Crippen molar-refractivity contribution in [2.75, 3.05) is 0 Å². The van der Waals surface area contributed by atoms with Crippen LogP contribution in [0.1, 0.15) is 31.2 Å². The van der Waals surface area contributed by atoms with Gasteiger partial charge in [0.1, 0.15) is 12.4 Å². The van der Waals surface area contributed by atoms with Crippen LogP contribution in [0, 0.1) is 17.8 Å². The van der Waals surface area contributed by atoms with Gasteiger partial charge in [-0.15, -0.1) is 0 Å². The molecule has 3 nitrogen and oxygen atoms in total. The van der Waals surface area contributed by atoms with E-state index in [1.807, 2.05) is 24.3 Å². The Labute approximate surface area is 126 Å². The maximum absolute atomic E-state index is 12.2. The Bertz CT molecular complexity index is 524. The van der Waals surface area contributed by atoms with Gasteiger partial charge in [-0.3, -0.25) is 9.59 Å². The molecule has 2 saturated carbocycles. The SMILES string of the molecule is O=C(OCc1ccccc1Br)C1C[C@H]2CC[C@@H](C1)C2=O. The van der Waals surface area contributed by atoms with E-state index in [1.54, 1.807) is 0 Å². The minimum Gasteiger partial charge on any atom is -0.461 e. The van der Waals surface area contributed by atoms with Gasteiger partial charge >= 0.3 is 5.97 Å². The predicted molar refractivity (Wildman–Crippen MR) is 77.9 cm³/mol. The van der Waals surface area contributed by atoms with Gasteiger partial charge in [0.15, 0.2) is 0 Å². The van der Waals surface area contributed by atoms with Crippen molar-refractivity contribution in [3.63, 3.8) is 0 Å². The van der Waals surface area contributed by atoms with E-state index in [4.69, 9.17) is 4.74 Å². The molecule has 4 heteroatoms. The molecule has 0 aromatic heterocycles. The van der Waals surface area contributed by atoms with Gasteiger partial charge in [-0.1, -0.05) is 34.1 Å². The van der Waals surface area contributed by atoms with Crippen LogP contribution in [-0.4, -0.2) is 11.8 Å². The van der Waals surface area contributed by atoms with Crippen LogP contribution < -0.4 is 0 Å². The third-order valence-electron chi connectivity index (χ3n) is 4.47. The summed E-state index contributed by atoms with van der Waals surface area (Å²) < 4.78 is 6.38. The van der Waals surface area contributed by atoms with Gasteiger partial charge in [0.05, 0.1) is 5.92 Å². The molecule has 3 rings (SSSR count). The van der Waals surface area contributed by atoms with Crippen LogP contribution in [0.15, 0.2) is 28.7 Å². The number of carbonyl (C=O) groups excluding carboxylic acids is 2. The number of esters is 1. The second-order valence-corrected chi connectivity index (χ2v) is 6.60. The largest absolute Gasteiger partial charge is 0.461 e. The zero-order chi connectivity index (χ0) is 14.1. The smallest absolute Gasteiger partial charge is 0.309 e. The Balaban J connectivity index is 1.58. The fourth-order valence-corrected chi connectivity index (χ4v) is 3.75. The topological polar surface area (TPSA) is 43.4 Å². The standard InChI is InChI=1S/C16H17BrO3/c17-14-4-2-1-3-12(14)9-20-16(19)13-7-10-5-6-11(8-13)15(10)18/h1-4,10-11,13H,5-9H2/t10-,11+,13?. The highest BCUT2D eigenvalue weighted by atomic mass is 79.9. The fraction of sp³-hybridized carbons (Fsp3) is 0.500. The summed E-state index contributed by atoms with van der Waals surface area (Å²) in [6, 6.07) is 7.72. The maximum Gasteiger partial charge on any atom is 0.309 e. The van der Waals surface area contributed by atoms with Crippen LogP contribution >= 0.6 is 15.9 Å². The van der Waals surface area contributed by atoms with E-state index in [9.17, 15) is 9.59 Å². The normalized spacial score (nSPS) is 28.4. The van der Waals surface area contributed by atoms with Crippen LogP contribution in [0.4, 0.5) is 0 Å². The molecule has 2 aliphatic rings. The van der Waals surface area contributed by atoms with E-state index in [0.717, 1.165) is 22.9 Å². The maximum atomic E-state index is 12.2. The zero-order valence-corrected chi connectivity index (χ0v) is 12.8. The Morgan fingerprint density at radius 2 is 1.85 bits per heavy atom. The Kier molecular flexibility index (Phi) is 3.92. The lowest BCUT2D eigenvalue weighted by molar-refractivity contribution is -0.152. The van der Waals surface area contributed by atoms with E-state index in [-0.39, 0.29) is 23.7 Å². The molecule has 0 radical (unpaired) electrons. The summed E-state index contributed by atoms with van der Waals surface area (Å²) in [6.45, 7) is 0.292. The van der Waals surface area contributed by atoms with Crippen molar-refractivity contribution in [1.29, 1.82) is 0 Å². The van der Waals surface area contributed by atoms with Crippen molar-refractivity contribution in [3.05, 3.63) is 34.3 Å². The average molecular weight is 337 g/mol. The number of ether oxygens (including phenoxy) is 1. The Morgan fingerprint density at radius 3 is 2.50 bits per heavy atom. The molecule has 2 bridgehead atoms. The molecular formula is C16H17BrO3. The first-order chi connectivity index (χ1) is 9.65. The second-order valence-electron chi connectivity index (χ2n) is 5.74. The first-order valence-corrected chi connectivity index (χ1v) is 7.88. The van der Waals surface area contributed by atoms with Gasteiger partial charge in [0.25, 0.3) is 0 Å². The third-order valence-corrected chi connectivity index (χ3v) is 5.24. The molecule has 0 N–H and O–H groups in total. The van der Waals surface area contributed by atoms with Crippen LogP contribution in [0.25, 0.3) is 0 Å². The molecule has 106 valence electrons. The number of hydrogen-bond acceptors (Lipinski definition) is 3. The number of carbonyl (C=O) groups is 2. The summed E-state index contributed by atoms with van der Waals surface area (Å²) in [7, 11) is 0. The molecule has 2 fully saturated rings. The fourth-order valence-electron chi connectivity index (χ4n) is 3.35. The van der Waals surface area contributed by atoms with Crippen molar-refractivity contribution in [3.8, 4) is 0 Å². The highest BCUT2D eigenvalue weighted by Gasteiger charge is 2.44. The molecule has 0 spiro atoms. The Hall–Kier alpha value is -1.16. The van der Waals surface area contributed by atoms with E-state index < -0.39 is 0 Å². The molecule has 2 aliphatic carbocycles. The number of hydrogen-bond donors (Lipinski definition) is 0. The number of ketones is 1. The predicted octanol–water partition coefficient (Wildman–Crippen LogP) is 3.50. The van der Waals surface area contributed by atoms with Gasteiger partial charge in [-0.05, 0) is 31.7 Å². The molecule has 0 amide bonds. The lowest BCUT2D eigenvalue weighted by Gasteiger charge is -2.25. The second kappa shape index (κ2) is 5.68. The van der Waals surface area contributed by atoms with Crippen molar-refractivity contribution >= 4 is 27.7 Å². The van der Waals surface area contributed by atoms with Crippen molar-refractivity contribution in [2.45, 2.75) is 32.3 Å². The van der Waals surface area contributed by atoms with Gasteiger partial charge < -0.3 is 4.74 Å². The number of benzene rings is 1. The first-order valence-electron chi connectivity index (χ1n) is 7.09. The minimum atomic E-state index is -0.148. The van der Waals surface area contributed by atoms with Crippen molar-refractivity contribution in [1.82, 2.24) is 0 Å². The van der Waals surface area contributed by atoms with Crippen molar-refractivity contribution in [2.24, 2.45) is 17.8 Å². The van der Waals surface area contributed by atoms with Crippen LogP contribution in [0.3, 0.4) is 0 Å². The van der Waals surface area contributed by atoms with E-state index >= 15 is 0 Å². The van der Waals surface area contributed by atoms with Gasteiger partial charge in [0, 0.05) is 21.9 Å². The quantitative estimate of drug-likeness (QED) is 0.793. The number of fused-ring (bicyclic) bond motifs is 2. The number of halogens is 1. The number of rotatable bonds is 3. The lowest BCUT2D eigenvalue weighted by Crippen LogP contribution is -2.31. The Morgan fingerprint density at radius 1 is 1.20 bits per heavy atom. The monoisotopic (exact) mass is 336 g/mol. The van der Waals surface area contributed by atoms with Crippen LogP contribution in [-0.2, 0) is 20.9 Å². The van der Waals surface area contributed by atoms with Crippen LogP contribution in [0.2, 0.25) is 0 Å². The molecule has 0 saturated heterocycles. The molecular weight excluding hydrogens is 320 g/mol. The molecule has 0 heterocycles. The summed E-state index contributed by atoms with van der Waals surface area (Å²) in [5.41, 5.74) is 0.968. The van der Waals surface area contributed by atoms with E-state index in [0.29, 0.717) is 25.2 Å². The number of Topliss-reactive ketones (excluding diaryl/α,β-unsaturated/α-hetero) is 1. The summed E-state index contributed by atoms with van der Waals surface area (Å²) in [4.78, 5) is 24.0. The minimum absolute atomic E-state index is 0.0901. The first kappa shape index (κ1) is 13.8. The average Bonchev–Trinajstić information content (AvgIpc) is 2.67. The molecule has 1 aromatic carbocycles. The van der Waals surface area contributed by atoms with E-state index in [1.165, 1.54) is 0 Å². The highest BCUT2D eigenvalue weighted by Crippen LogP contribution is 2.42. The third kappa shape index (κ3) is 2.66. The lowest BCUT2D eigenvalue weighted by atomic mass is 9.80. The molecule has 1 unspecified atom stereocenters. The molecule has 1 aromatic rings. The van der Waals surface area contributed by atoms with Crippen molar-refractivity contribution < 1.29 is 14.3 Å². The summed E-state index contributed by atoms with van der Waals surface area (Å²) >= 11 is 3.44. The van der Waals surface area contributed by atoms with Gasteiger partial charge in [0.2, 0.25) is 0 Å². The van der Waals surface area contributed by atoms with Gasteiger partial charge in [-0.25, -0.2) is 0 Å². The van der Waals surface area contributed by atoms with E-state index in [2.05, 4.69) is 15.9 Å². The van der Waals surface area contributed by atoms with Gasteiger partial charge in [-0.2, -0.15) is 0 Å². The molecule has 20 heavy (non-hydrogen) atoms. The summed E-state index contributed by atoms with van der Waals surface area (Å²) in [5, 5.41) is 0. The molecule has 3 atom stereocenters. The van der Waals surface area contributed by atoms with Crippen LogP contribution in [0.5, 0.6) is 0 Å².